The van der Waals surface area contributed by atoms with Crippen LogP contribution in [0.4, 0.5) is 0 Å². The van der Waals surface area contributed by atoms with Crippen LogP contribution in [0.2, 0.25) is 0 Å². The molecular weight excluding hydrogens is 937 g/mol. The maximum Gasteiger partial charge on any atom is 2.00 e. The van der Waals surface area contributed by atoms with Gasteiger partial charge in [-0.15, -0.1) is 23.2 Å². The topological polar surface area (TPSA) is 158 Å². The van der Waals surface area contributed by atoms with Crippen LogP contribution in [-0.2, 0) is 17.1 Å². The average molecular weight is 977 g/mol. The number of rotatable bonds is 6. The Kier molecular flexibility index (Phi) is 24.3. The molecule has 0 bridgehead atoms. The molecule has 9 aromatic rings. The number of aromatic nitrogens is 2. The molecular formula is C49H40Cl2CuN4O6P2. The van der Waals surface area contributed by atoms with E-state index in [4.69, 9.17) is 53.8 Å². The van der Waals surface area contributed by atoms with Crippen LogP contribution in [0, 0.1) is 30.6 Å². The summed E-state index contributed by atoms with van der Waals surface area (Å²) in [5, 5.41) is 40.4. The standard InChI is InChI=1S/2C18H15P.C12H8N2.CH2Cl2.Cu.2NO3/c2*1-4-10-16(11-5-1)19(17-12-6-2-7-13-17)18-14-8-3-9-15-18;1-3-9-5-6-10-4-2-8-14-12(10)11(9)13-7-1;2-1-3;;2*2-1(3)4/h2*1-15H;1-8H;1H2;;;/q;;;;+2;2*-1. The van der Waals surface area contributed by atoms with Crippen LogP contribution in [0.5, 0.6) is 0 Å². The first-order valence-corrected chi connectivity index (χ1v) is 22.7. The maximum absolute atomic E-state index is 8.25. The van der Waals surface area contributed by atoms with Crippen LogP contribution < -0.4 is 31.8 Å². The second-order valence-corrected chi connectivity index (χ2v) is 17.7. The monoisotopic (exact) mass is 975 g/mol. The smallest absolute Gasteiger partial charge is 0.356 e. The van der Waals surface area contributed by atoms with Crippen molar-refractivity contribution in [1.29, 1.82) is 0 Å². The van der Waals surface area contributed by atoms with Gasteiger partial charge in [0, 0.05) is 23.2 Å². The van der Waals surface area contributed by atoms with E-state index in [9.17, 15) is 0 Å². The van der Waals surface area contributed by atoms with Crippen molar-refractivity contribution in [3.63, 3.8) is 0 Å². The molecule has 0 aliphatic heterocycles. The Balaban J connectivity index is 0.000000229. The average Bonchev–Trinajstić information content (AvgIpc) is 3.32. The maximum atomic E-state index is 8.25. The summed E-state index contributed by atoms with van der Waals surface area (Å²) in [5.41, 5.74) is 1.95. The van der Waals surface area contributed by atoms with Crippen molar-refractivity contribution in [1.82, 2.24) is 9.97 Å². The van der Waals surface area contributed by atoms with Gasteiger partial charge >= 0.3 is 17.1 Å². The number of halogens is 2. The number of benzene rings is 7. The molecule has 0 aliphatic carbocycles. The Labute approximate surface area is 394 Å². The Morgan fingerprint density at radius 3 is 0.734 bits per heavy atom. The first-order valence-electron chi connectivity index (χ1n) is 19.0. The molecule has 0 saturated carbocycles. The largest absolute Gasteiger partial charge is 2.00 e. The van der Waals surface area contributed by atoms with Crippen molar-refractivity contribution in [3.05, 3.63) is 261 Å². The summed E-state index contributed by atoms with van der Waals surface area (Å²) in [6.07, 6.45) is 3.60. The van der Waals surface area contributed by atoms with Crippen molar-refractivity contribution < 1.29 is 27.2 Å². The quantitative estimate of drug-likeness (QED) is 0.0398. The fraction of sp³-hybridized carbons (Fsp3) is 0.0204. The predicted octanol–water partition coefficient (Wildman–Crippen LogP) is 10.6. The first-order chi connectivity index (χ1) is 30.7. The number of hydrogen-bond donors (Lipinski definition) is 0. The van der Waals surface area contributed by atoms with Crippen LogP contribution in [0.3, 0.4) is 0 Å². The zero-order chi connectivity index (χ0) is 45.1. The van der Waals surface area contributed by atoms with Gasteiger partial charge in [0.2, 0.25) is 0 Å². The Morgan fingerprint density at radius 1 is 0.359 bits per heavy atom. The second-order valence-electron chi connectivity index (χ2n) is 12.4. The van der Waals surface area contributed by atoms with Crippen LogP contribution in [0.25, 0.3) is 21.8 Å². The van der Waals surface area contributed by atoms with Gasteiger partial charge in [-0.3, -0.25) is 9.97 Å². The Morgan fingerprint density at radius 2 is 0.547 bits per heavy atom. The van der Waals surface area contributed by atoms with Gasteiger partial charge in [-0.25, -0.2) is 0 Å². The number of fused-ring (bicyclic) bond motifs is 3. The summed E-state index contributed by atoms with van der Waals surface area (Å²) >= 11 is 9.53. The minimum Gasteiger partial charge on any atom is -0.356 e. The van der Waals surface area contributed by atoms with Gasteiger partial charge in [0.1, 0.15) is 0 Å². The van der Waals surface area contributed by atoms with Gasteiger partial charge < -0.3 is 30.6 Å². The fourth-order valence-corrected chi connectivity index (χ4v) is 10.6. The normalized spacial score (nSPS) is 9.69. The number of hydrogen-bond acceptors (Lipinski definition) is 8. The predicted molar refractivity (Wildman–Crippen MR) is 265 cm³/mol. The summed E-state index contributed by atoms with van der Waals surface area (Å²) in [6, 6.07) is 76.8. The van der Waals surface area contributed by atoms with Gasteiger partial charge in [-0.05, 0) is 59.8 Å². The van der Waals surface area contributed by atoms with E-state index >= 15 is 0 Å². The summed E-state index contributed by atoms with van der Waals surface area (Å²) < 4.78 is 0. The van der Waals surface area contributed by atoms with E-state index in [0.29, 0.717) is 0 Å². The number of pyridine rings is 2. The molecule has 0 saturated heterocycles. The van der Waals surface area contributed by atoms with Gasteiger partial charge in [0.25, 0.3) is 0 Å². The van der Waals surface area contributed by atoms with E-state index in [1.54, 1.807) is 12.4 Å². The molecule has 0 fully saturated rings. The molecule has 0 unspecified atom stereocenters. The number of alkyl halides is 2. The van der Waals surface area contributed by atoms with Crippen LogP contribution in [-0.4, -0.2) is 25.5 Å². The number of nitrogens with zero attached hydrogens (tertiary/aromatic N) is 4. The summed E-state index contributed by atoms with van der Waals surface area (Å²) in [7, 11) is -0.892. The van der Waals surface area contributed by atoms with Gasteiger partial charge in [-0.1, -0.05) is 206 Å². The van der Waals surface area contributed by atoms with E-state index in [0.717, 1.165) is 21.8 Å². The third-order valence-electron chi connectivity index (χ3n) is 8.43. The molecule has 7 aromatic carbocycles. The molecule has 2 heterocycles. The van der Waals surface area contributed by atoms with Crippen molar-refractivity contribution in [2.75, 3.05) is 5.34 Å². The third kappa shape index (κ3) is 17.8. The van der Waals surface area contributed by atoms with Gasteiger partial charge in [0.15, 0.2) is 0 Å². The molecule has 0 atom stereocenters. The summed E-state index contributed by atoms with van der Waals surface area (Å²) in [4.78, 5) is 25.2. The van der Waals surface area contributed by atoms with Gasteiger partial charge in [-0.2, -0.15) is 0 Å². The first kappa shape index (κ1) is 52.1. The van der Waals surface area contributed by atoms with E-state index in [1.807, 2.05) is 12.1 Å². The molecule has 9 rings (SSSR count). The molecule has 64 heavy (non-hydrogen) atoms. The zero-order valence-corrected chi connectivity index (χ0v) is 38.1. The second kappa shape index (κ2) is 29.9. The minimum absolute atomic E-state index is 0. The summed E-state index contributed by atoms with van der Waals surface area (Å²) in [5.74, 6) is 0. The van der Waals surface area contributed by atoms with Crippen LogP contribution in [0.15, 0.2) is 231 Å². The van der Waals surface area contributed by atoms with Gasteiger partial charge in [0.05, 0.1) is 26.5 Å². The molecule has 0 aliphatic rings. The Hall–Kier alpha value is -6.28. The van der Waals surface area contributed by atoms with E-state index in [-0.39, 0.29) is 22.4 Å². The molecule has 0 amide bonds. The van der Waals surface area contributed by atoms with E-state index in [2.05, 4.69) is 216 Å². The molecule has 0 spiro atoms. The molecule has 2 aromatic heterocycles. The molecule has 0 N–H and O–H groups in total. The SMILES string of the molecule is ClCCl.O=[N+]([O-])[O-].O=[N+]([O-])[O-].[Cu+2].c1ccc(P(c2ccccc2)c2ccccc2)cc1.c1ccc(P(c2ccccc2)c2ccccc2)cc1.c1cnc2c(c1)ccc1cccnc12. The van der Waals surface area contributed by atoms with Crippen LogP contribution in [0.1, 0.15) is 0 Å². The van der Waals surface area contributed by atoms with Crippen molar-refractivity contribution in [3.8, 4) is 0 Å². The minimum atomic E-state index is -1.75. The van der Waals surface area contributed by atoms with E-state index in [1.165, 1.54) is 31.8 Å². The third-order valence-corrected chi connectivity index (χ3v) is 13.3. The fourth-order valence-electron chi connectivity index (χ4n) is 6.04. The molecule has 15 heteroatoms. The molecule has 327 valence electrons. The van der Waals surface area contributed by atoms with Crippen molar-refractivity contribution >= 4 is 92.7 Å². The molecule has 1 radical (unpaired) electrons. The van der Waals surface area contributed by atoms with Crippen LogP contribution >= 0.6 is 39.0 Å². The Bertz CT molecular complexity index is 2290. The zero-order valence-electron chi connectivity index (χ0n) is 33.8. The van der Waals surface area contributed by atoms with Crippen molar-refractivity contribution in [2.45, 2.75) is 0 Å². The summed E-state index contributed by atoms with van der Waals surface area (Å²) in [6.45, 7) is 0. The molecule has 10 nitrogen and oxygen atoms in total. The van der Waals surface area contributed by atoms with Crippen molar-refractivity contribution in [2.24, 2.45) is 0 Å². The van der Waals surface area contributed by atoms with E-state index < -0.39 is 26.0 Å².